The molecule has 1 saturated heterocycles. The molecule has 0 atom stereocenters. The van der Waals surface area contributed by atoms with Gasteiger partial charge in [-0.2, -0.15) is 5.10 Å². The highest BCUT2D eigenvalue weighted by Crippen LogP contribution is 2.19. The smallest absolute Gasteiger partial charge is 0.321 e. The summed E-state index contributed by atoms with van der Waals surface area (Å²) in [5, 5.41) is 13.0. The number of pyridine rings is 1. The topological polar surface area (TPSA) is 89.2 Å². The Kier molecular flexibility index (Phi) is 5.28. The molecule has 9 heteroatoms. The fraction of sp³-hybridized carbons (Fsp3) is 0.250. The zero-order chi connectivity index (χ0) is 20.2. The molecule has 4 rings (SSSR count). The molecule has 0 spiro atoms. The molecule has 1 aromatic carbocycles. The second-order valence-electron chi connectivity index (χ2n) is 6.86. The highest BCUT2D eigenvalue weighted by Gasteiger charge is 2.22. The lowest BCUT2D eigenvalue weighted by atomic mass is 10.3. The van der Waals surface area contributed by atoms with Crippen LogP contribution in [0.15, 0.2) is 48.5 Å². The normalized spacial score (nSPS) is 14.0. The fourth-order valence-corrected chi connectivity index (χ4v) is 3.19. The number of H-pyrrole nitrogens is 1. The number of aromatic nitrogens is 3. The van der Waals surface area contributed by atoms with Crippen LogP contribution in [0.5, 0.6) is 0 Å². The van der Waals surface area contributed by atoms with Gasteiger partial charge in [0, 0.05) is 43.6 Å². The van der Waals surface area contributed by atoms with Crippen LogP contribution < -0.4 is 15.5 Å². The first kappa shape index (κ1) is 18.7. The SMILES string of the molecule is Cc1cc(Nc2cccc(N3CCN(C(=O)Nc4cccc(F)c4)CC3)n2)n[nH]1. The molecular weight excluding hydrogens is 373 g/mol. The van der Waals surface area contributed by atoms with Crippen molar-refractivity contribution in [2.45, 2.75) is 6.92 Å². The lowest BCUT2D eigenvalue weighted by Gasteiger charge is -2.35. The molecule has 2 amide bonds. The lowest BCUT2D eigenvalue weighted by Crippen LogP contribution is -2.50. The summed E-state index contributed by atoms with van der Waals surface area (Å²) in [6, 6.07) is 13.3. The number of hydrogen-bond donors (Lipinski definition) is 3. The van der Waals surface area contributed by atoms with Gasteiger partial charge in [-0.1, -0.05) is 12.1 Å². The van der Waals surface area contributed by atoms with Crippen LogP contribution in [-0.2, 0) is 0 Å². The number of carbonyl (C=O) groups excluding carboxylic acids is 1. The van der Waals surface area contributed by atoms with Crippen LogP contribution in [0.3, 0.4) is 0 Å². The van der Waals surface area contributed by atoms with Crippen LogP contribution in [0.4, 0.5) is 32.3 Å². The zero-order valence-corrected chi connectivity index (χ0v) is 16.0. The van der Waals surface area contributed by atoms with Crippen molar-refractivity contribution in [3.8, 4) is 0 Å². The van der Waals surface area contributed by atoms with Crippen LogP contribution in [0.1, 0.15) is 5.69 Å². The minimum absolute atomic E-state index is 0.229. The van der Waals surface area contributed by atoms with Crippen molar-refractivity contribution in [1.82, 2.24) is 20.1 Å². The van der Waals surface area contributed by atoms with Crippen molar-refractivity contribution in [1.29, 1.82) is 0 Å². The summed E-state index contributed by atoms with van der Waals surface area (Å²) in [5.41, 5.74) is 1.42. The van der Waals surface area contributed by atoms with Gasteiger partial charge in [-0.05, 0) is 37.3 Å². The highest BCUT2D eigenvalue weighted by atomic mass is 19.1. The van der Waals surface area contributed by atoms with Gasteiger partial charge in [0.05, 0.1) is 0 Å². The first-order chi connectivity index (χ1) is 14.1. The Morgan fingerprint density at radius 1 is 1.07 bits per heavy atom. The van der Waals surface area contributed by atoms with Gasteiger partial charge in [0.1, 0.15) is 17.5 Å². The van der Waals surface area contributed by atoms with Crippen LogP contribution in [-0.4, -0.2) is 52.3 Å². The van der Waals surface area contributed by atoms with E-state index in [0.717, 1.165) is 11.5 Å². The predicted octanol–water partition coefficient (Wildman–Crippen LogP) is 3.35. The van der Waals surface area contributed by atoms with Crippen molar-refractivity contribution >= 4 is 29.2 Å². The number of piperazine rings is 1. The molecule has 3 heterocycles. The third-order valence-corrected chi connectivity index (χ3v) is 4.66. The number of carbonyl (C=O) groups is 1. The number of nitrogens with one attached hydrogen (secondary N) is 3. The van der Waals surface area contributed by atoms with Gasteiger partial charge in [-0.25, -0.2) is 14.2 Å². The molecule has 3 aromatic rings. The molecule has 1 fully saturated rings. The number of halogens is 1. The Balaban J connectivity index is 1.34. The molecule has 0 bridgehead atoms. The maximum absolute atomic E-state index is 13.3. The van der Waals surface area contributed by atoms with Crippen LogP contribution in [0, 0.1) is 12.7 Å². The lowest BCUT2D eigenvalue weighted by molar-refractivity contribution is 0.208. The van der Waals surface area contributed by atoms with Crippen molar-refractivity contribution in [3.63, 3.8) is 0 Å². The Labute approximate surface area is 167 Å². The average Bonchev–Trinajstić information content (AvgIpc) is 3.13. The van der Waals surface area contributed by atoms with Crippen molar-refractivity contribution in [3.05, 3.63) is 60.0 Å². The van der Waals surface area contributed by atoms with E-state index in [4.69, 9.17) is 0 Å². The van der Waals surface area contributed by atoms with E-state index in [1.807, 2.05) is 31.2 Å². The average molecular weight is 395 g/mol. The number of benzene rings is 1. The van der Waals surface area contributed by atoms with Crippen molar-refractivity contribution < 1.29 is 9.18 Å². The fourth-order valence-electron chi connectivity index (χ4n) is 3.19. The minimum atomic E-state index is -0.378. The van der Waals surface area contributed by atoms with Gasteiger partial charge in [-0.3, -0.25) is 5.10 Å². The van der Waals surface area contributed by atoms with Gasteiger partial charge in [0.2, 0.25) is 0 Å². The van der Waals surface area contributed by atoms with E-state index in [2.05, 4.69) is 30.7 Å². The Morgan fingerprint density at radius 3 is 2.59 bits per heavy atom. The van der Waals surface area contributed by atoms with E-state index in [0.29, 0.717) is 43.5 Å². The highest BCUT2D eigenvalue weighted by molar-refractivity contribution is 5.89. The van der Waals surface area contributed by atoms with Crippen molar-refractivity contribution in [2.24, 2.45) is 0 Å². The first-order valence-electron chi connectivity index (χ1n) is 9.39. The van der Waals surface area contributed by atoms with E-state index in [1.165, 1.54) is 12.1 Å². The molecule has 1 aliphatic rings. The van der Waals surface area contributed by atoms with Gasteiger partial charge >= 0.3 is 6.03 Å². The standard InChI is InChI=1S/C20H22FN7O/c1-14-12-18(26-25-14)23-17-6-3-7-19(24-17)27-8-10-28(11-9-27)20(29)22-16-5-2-4-15(21)13-16/h2-7,12-13H,8-11H2,1H3,(H,22,29)(H2,23,24,25,26). The van der Waals surface area contributed by atoms with E-state index in [-0.39, 0.29) is 11.8 Å². The van der Waals surface area contributed by atoms with Crippen LogP contribution in [0.2, 0.25) is 0 Å². The monoisotopic (exact) mass is 395 g/mol. The molecule has 0 radical (unpaired) electrons. The predicted molar refractivity (Wildman–Crippen MR) is 110 cm³/mol. The van der Waals surface area contributed by atoms with Gasteiger partial charge in [0.15, 0.2) is 5.82 Å². The van der Waals surface area contributed by atoms with Gasteiger partial charge < -0.3 is 20.4 Å². The van der Waals surface area contributed by atoms with E-state index >= 15 is 0 Å². The first-order valence-corrected chi connectivity index (χ1v) is 9.39. The molecule has 3 N–H and O–H groups in total. The Bertz CT molecular complexity index is 998. The summed E-state index contributed by atoms with van der Waals surface area (Å²) >= 11 is 0. The number of nitrogens with zero attached hydrogens (tertiary/aromatic N) is 4. The molecule has 2 aromatic heterocycles. The summed E-state index contributed by atoms with van der Waals surface area (Å²) in [6.07, 6.45) is 0. The number of rotatable bonds is 4. The quantitative estimate of drug-likeness (QED) is 0.630. The second-order valence-corrected chi connectivity index (χ2v) is 6.86. The van der Waals surface area contributed by atoms with Crippen LogP contribution in [0.25, 0.3) is 0 Å². The van der Waals surface area contributed by atoms with Gasteiger partial charge in [0.25, 0.3) is 0 Å². The number of anilines is 4. The van der Waals surface area contributed by atoms with E-state index in [9.17, 15) is 9.18 Å². The number of aryl methyl sites for hydroxylation is 1. The Morgan fingerprint density at radius 2 is 1.86 bits per heavy atom. The van der Waals surface area contributed by atoms with Crippen molar-refractivity contribution in [2.75, 3.05) is 41.7 Å². The van der Waals surface area contributed by atoms with E-state index in [1.54, 1.807) is 17.0 Å². The summed E-state index contributed by atoms with van der Waals surface area (Å²) in [6.45, 7) is 4.37. The molecule has 150 valence electrons. The molecule has 29 heavy (non-hydrogen) atoms. The number of hydrogen-bond acceptors (Lipinski definition) is 5. The van der Waals surface area contributed by atoms with E-state index < -0.39 is 0 Å². The summed E-state index contributed by atoms with van der Waals surface area (Å²) < 4.78 is 13.3. The summed E-state index contributed by atoms with van der Waals surface area (Å²) in [7, 11) is 0. The number of amides is 2. The summed E-state index contributed by atoms with van der Waals surface area (Å²) in [5.74, 6) is 1.89. The molecule has 0 unspecified atom stereocenters. The maximum Gasteiger partial charge on any atom is 0.321 e. The molecule has 0 saturated carbocycles. The maximum atomic E-state index is 13.3. The largest absolute Gasteiger partial charge is 0.353 e. The number of aromatic amines is 1. The minimum Gasteiger partial charge on any atom is -0.353 e. The Hall–Kier alpha value is -3.62. The zero-order valence-electron chi connectivity index (χ0n) is 16.0. The van der Waals surface area contributed by atoms with Gasteiger partial charge in [-0.15, -0.1) is 0 Å². The second kappa shape index (κ2) is 8.17. The summed E-state index contributed by atoms with van der Waals surface area (Å²) in [4.78, 5) is 20.9. The third kappa shape index (κ3) is 4.63. The molecule has 8 nitrogen and oxygen atoms in total. The molecular formula is C20H22FN7O. The molecule has 0 aliphatic carbocycles. The molecule has 1 aliphatic heterocycles. The number of urea groups is 1. The third-order valence-electron chi connectivity index (χ3n) is 4.66. The van der Waals surface area contributed by atoms with Crippen LogP contribution >= 0.6 is 0 Å².